The lowest BCUT2D eigenvalue weighted by Gasteiger charge is -2.07. The molecule has 0 aliphatic rings. The second-order valence-electron chi connectivity index (χ2n) is 7.10. The highest BCUT2D eigenvalue weighted by Crippen LogP contribution is 2.33. The number of halogens is 3. The summed E-state index contributed by atoms with van der Waals surface area (Å²) < 4.78 is 26.3. The molecule has 3 aromatic carbocycles. The number of nitrogens with zero attached hydrogens (tertiary/aromatic N) is 4. The lowest BCUT2D eigenvalue weighted by molar-refractivity contribution is 0.405. The molecule has 0 bridgehead atoms. The minimum absolute atomic E-state index is 0.000603. The number of nitrogens with one attached hydrogen (secondary N) is 1. The molecule has 34 heavy (non-hydrogen) atoms. The molecule has 0 atom stereocenters. The molecule has 0 unspecified atom stereocenters. The lowest BCUT2D eigenvalue weighted by atomic mass is 10.1. The highest BCUT2D eigenvalue weighted by Gasteiger charge is 2.19. The zero-order chi connectivity index (χ0) is 23.8. The molecular formula is C23H14Cl2FN5O3. The van der Waals surface area contributed by atoms with E-state index in [1.165, 1.54) is 25.3 Å². The van der Waals surface area contributed by atoms with Crippen LogP contribution in [0.5, 0.6) is 5.75 Å². The molecule has 1 N–H and O–H groups in total. The van der Waals surface area contributed by atoms with Crippen LogP contribution in [0, 0.1) is 5.82 Å². The van der Waals surface area contributed by atoms with Crippen LogP contribution in [0.4, 0.5) is 4.39 Å². The van der Waals surface area contributed by atoms with Crippen molar-refractivity contribution in [3.63, 3.8) is 0 Å². The number of aromatic nitrogens is 5. The van der Waals surface area contributed by atoms with Gasteiger partial charge in [-0.25, -0.2) is 9.18 Å². The van der Waals surface area contributed by atoms with Gasteiger partial charge in [-0.15, -0.1) is 5.10 Å². The summed E-state index contributed by atoms with van der Waals surface area (Å²) in [5.41, 5.74) is 1.05. The Hall–Kier alpha value is -3.95. The largest absolute Gasteiger partial charge is 0.496 e. The summed E-state index contributed by atoms with van der Waals surface area (Å²) in [6.07, 6.45) is 0. The first kappa shape index (κ1) is 21.9. The fourth-order valence-corrected chi connectivity index (χ4v) is 3.75. The molecule has 0 spiro atoms. The molecule has 0 radical (unpaired) electrons. The Morgan fingerprint density at radius 1 is 1.09 bits per heavy atom. The smallest absolute Gasteiger partial charge is 0.348 e. The Balaban J connectivity index is 1.52. The summed E-state index contributed by atoms with van der Waals surface area (Å²) in [5.74, 6) is 0.369. The Morgan fingerprint density at radius 3 is 2.62 bits per heavy atom. The van der Waals surface area contributed by atoms with Crippen molar-refractivity contribution in [3.8, 4) is 45.7 Å². The number of hydrogen-bond acceptors (Lipinski definition) is 6. The number of aromatic amines is 1. The van der Waals surface area contributed by atoms with Crippen LogP contribution in [0.15, 0.2) is 70.0 Å². The van der Waals surface area contributed by atoms with Crippen molar-refractivity contribution in [2.24, 2.45) is 0 Å². The molecule has 8 nitrogen and oxygen atoms in total. The number of methoxy groups -OCH3 is 1. The van der Waals surface area contributed by atoms with Crippen molar-refractivity contribution in [3.05, 3.63) is 87.0 Å². The SMILES string of the molecule is COc1cc(-n2nc(-c3c(F)cccc3Cl)[nH]c2=O)ccc1-c1nc(-c2ccc(Cl)cc2)no1. The predicted molar refractivity (Wildman–Crippen MR) is 125 cm³/mol. The van der Waals surface area contributed by atoms with Crippen molar-refractivity contribution in [1.82, 2.24) is 24.9 Å². The van der Waals surface area contributed by atoms with Gasteiger partial charge in [0.05, 0.1) is 28.9 Å². The van der Waals surface area contributed by atoms with E-state index in [9.17, 15) is 9.18 Å². The predicted octanol–water partition coefficient (Wildman–Crippen LogP) is 5.40. The fraction of sp³-hybridized carbons (Fsp3) is 0.0435. The van der Waals surface area contributed by atoms with Crippen molar-refractivity contribution >= 4 is 23.2 Å². The molecule has 11 heteroatoms. The van der Waals surface area contributed by atoms with E-state index in [1.807, 2.05) is 0 Å². The van der Waals surface area contributed by atoms with Crippen LogP contribution in [0.1, 0.15) is 0 Å². The second kappa shape index (κ2) is 8.77. The van der Waals surface area contributed by atoms with Gasteiger partial charge in [-0.2, -0.15) is 9.67 Å². The average Bonchev–Trinajstić information content (AvgIpc) is 3.46. The zero-order valence-corrected chi connectivity index (χ0v) is 18.9. The second-order valence-corrected chi connectivity index (χ2v) is 7.95. The van der Waals surface area contributed by atoms with E-state index in [0.29, 0.717) is 27.8 Å². The van der Waals surface area contributed by atoms with Crippen molar-refractivity contribution in [2.75, 3.05) is 7.11 Å². The topological polar surface area (TPSA) is 98.8 Å². The number of ether oxygens (including phenoxy) is 1. The third-order valence-corrected chi connectivity index (χ3v) is 5.57. The van der Waals surface area contributed by atoms with Crippen LogP contribution in [-0.4, -0.2) is 32.0 Å². The van der Waals surface area contributed by atoms with Gasteiger partial charge in [-0.05, 0) is 48.5 Å². The monoisotopic (exact) mass is 497 g/mol. The van der Waals surface area contributed by atoms with E-state index in [0.717, 1.165) is 10.2 Å². The number of benzene rings is 3. The van der Waals surface area contributed by atoms with E-state index in [4.69, 9.17) is 32.5 Å². The van der Waals surface area contributed by atoms with Crippen LogP contribution >= 0.6 is 23.2 Å². The van der Waals surface area contributed by atoms with Gasteiger partial charge in [-0.3, -0.25) is 4.98 Å². The van der Waals surface area contributed by atoms with Crippen LogP contribution in [0.2, 0.25) is 10.0 Å². The molecule has 0 aliphatic carbocycles. The molecule has 2 aromatic heterocycles. The first-order valence-electron chi connectivity index (χ1n) is 9.87. The molecule has 170 valence electrons. The fourth-order valence-electron chi connectivity index (χ4n) is 3.37. The maximum atomic E-state index is 14.3. The number of H-pyrrole nitrogens is 1. The van der Waals surface area contributed by atoms with E-state index >= 15 is 0 Å². The molecule has 5 rings (SSSR count). The zero-order valence-electron chi connectivity index (χ0n) is 17.4. The summed E-state index contributed by atoms with van der Waals surface area (Å²) in [6, 6.07) is 16.1. The summed E-state index contributed by atoms with van der Waals surface area (Å²) in [7, 11) is 1.47. The van der Waals surface area contributed by atoms with E-state index in [2.05, 4.69) is 20.2 Å². The van der Waals surface area contributed by atoms with E-state index < -0.39 is 11.5 Å². The van der Waals surface area contributed by atoms with Crippen LogP contribution < -0.4 is 10.4 Å². The van der Waals surface area contributed by atoms with Gasteiger partial charge in [0.1, 0.15) is 11.6 Å². The first-order valence-corrected chi connectivity index (χ1v) is 10.6. The summed E-state index contributed by atoms with van der Waals surface area (Å²) in [4.78, 5) is 19.5. The highest BCUT2D eigenvalue weighted by atomic mass is 35.5. The van der Waals surface area contributed by atoms with E-state index in [1.54, 1.807) is 42.5 Å². The van der Waals surface area contributed by atoms with Crippen LogP contribution in [0.25, 0.3) is 39.9 Å². The minimum atomic E-state index is -0.603. The molecule has 0 amide bonds. The van der Waals surface area contributed by atoms with E-state index in [-0.39, 0.29) is 22.3 Å². The Bertz CT molecular complexity index is 1540. The molecule has 0 aliphatic heterocycles. The Morgan fingerprint density at radius 2 is 1.88 bits per heavy atom. The molecule has 0 saturated heterocycles. The maximum absolute atomic E-state index is 14.3. The van der Waals surface area contributed by atoms with Crippen molar-refractivity contribution in [1.29, 1.82) is 0 Å². The van der Waals surface area contributed by atoms with Crippen LogP contribution in [0.3, 0.4) is 0 Å². The summed E-state index contributed by atoms with van der Waals surface area (Å²) >= 11 is 12.0. The van der Waals surface area contributed by atoms with Gasteiger partial charge in [0.15, 0.2) is 5.82 Å². The number of hydrogen-bond donors (Lipinski definition) is 1. The quantitative estimate of drug-likeness (QED) is 0.349. The third-order valence-electron chi connectivity index (χ3n) is 5.01. The minimum Gasteiger partial charge on any atom is -0.496 e. The standard InChI is InChI=1S/C23H14Cl2FN5O3/c1-33-18-11-14(31-23(32)28-21(29-31)19-16(25)3-2-4-17(19)26)9-10-15(18)22-27-20(30-34-22)12-5-7-13(24)8-6-12/h2-11H,1H3,(H,28,29,32). The van der Waals surface area contributed by atoms with Gasteiger partial charge in [0.2, 0.25) is 5.82 Å². The van der Waals surface area contributed by atoms with Gasteiger partial charge < -0.3 is 9.26 Å². The van der Waals surface area contributed by atoms with Gasteiger partial charge in [0.25, 0.3) is 5.89 Å². The molecule has 5 aromatic rings. The summed E-state index contributed by atoms with van der Waals surface area (Å²) in [6.45, 7) is 0. The highest BCUT2D eigenvalue weighted by molar-refractivity contribution is 6.33. The van der Waals surface area contributed by atoms with Gasteiger partial charge >= 0.3 is 5.69 Å². The average molecular weight is 498 g/mol. The summed E-state index contributed by atoms with van der Waals surface area (Å²) in [5, 5.41) is 8.94. The first-order chi connectivity index (χ1) is 16.4. The molecular weight excluding hydrogens is 484 g/mol. The lowest BCUT2D eigenvalue weighted by Crippen LogP contribution is -2.16. The Labute approximate surface area is 201 Å². The van der Waals surface area contributed by atoms with Crippen molar-refractivity contribution in [2.45, 2.75) is 0 Å². The molecule has 0 saturated carbocycles. The van der Waals surface area contributed by atoms with Crippen LogP contribution in [-0.2, 0) is 0 Å². The molecule has 0 fully saturated rings. The molecule has 2 heterocycles. The van der Waals surface area contributed by atoms with Gasteiger partial charge in [0, 0.05) is 16.7 Å². The third kappa shape index (κ3) is 3.95. The Kier molecular flexibility index (Phi) is 5.64. The maximum Gasteiger partial charge on any atom is 0.348 e. The van der Waals surface area contributed by atoms with Crippen molar-refractivity contribution < 1.29 is 13.7 Å². The number of rotatable bonds is 5. The normalized spacial score (nSPS) is 11.1. The van der Waals surface area contributed by atoms with Gasteiger partial charge in [-0.1, -0.05) is 34.4 Å².